The highest BCUT2D eigenvalue weighted by Gasteiger charge is 2.22. The maximum atomic E-state index is 13.3. The number of ether oxygens (including phenoxy) is 1. The molecule has 4 rings (SSSR count). The van der Waals surface area contributed by atoms with Crippen LogP contribution < -0.4 is 10.1 Å². The number of likely N-dealkylation sites (N-methyl/N-ethyl adjacent to an activating group) is 1. The van der Waals surface area contributed by atoms with Gasteiger partial charge in [-0.2, -0.15) is 0 Å². The number of allylic oxidation sites excluding steroid dienone is 7. The van der Waals surface area contributed by atoms with Gasteiger partial charge in [0, 0.05) is 61.0 Å². The second-order valence-electron chi connectivity index (χ2n) is 11.4. The summed E-state index contributed by atoms with van der Waals surface area (Å²) in [6, 6.07) is 5.68. The minimum atomic E-state index is -0.154. The van der Waals surface area contributed by atoms with Gasteiger partial charge in [-0.05, 0) is 76.6 Å². The Kier molecular flexibility index (Phi) is 11.9. The number of carbonyl (C=O) groups is 1. The highest BCUT2D eigenvalue weighted by Crippen LogP contribution is 2.35. The summed E-state index contributed by atoms with van der Waals surface area (Å²) in [6.07, 6.45) is 10.6. The van der Waals surface area contributed by atoms with E-state index in [2.05, 4.69) is 46.6 Å². The van der Waals surface area contributed by atoms with E-state index in [4.69, 9.17) is 19.2 Å². The number of hydrogen-bond donors (Lipinski definition) is 2. The molecule has 0 atom stereocenters. The van der Waals surface area contributed by atoms with E-state index < -0.39 is 0 Å². The summed E-state index contributed by atoms with van der Waals surface area (Å²) in [4.78, 5) is 30.7. The van der Waals surface area contributed by atoms with Gasteiger partial charge >= 0.3 is 6.03 Å². The fourth-order valence-corrected chi connectivity index (χ4v) is 5.69. The minimum Gasteiger partial charge on any atom is -0.496 e. The first kappa shape index (κ1) is 34.9. The number of urea groups is 1. The Bertz CT molecular complexity index is 1760. The fraction of sp³-hybridized carbons (Fsp3) is 0.351. The number of amides is 2. The van der Waals surface area contributed by atoms with Crippen molar-refractivity contribution in [3.8, 4) is 16.9 Å². The van der Waals surface area contributed by atoms with E-state index in [9.17, 15) is 4.79 Å². The first-order valence-electron chi connectivity index (χ1n) is 16.0. The first-order chi connectivity index (χ1) is 22.7. The molecule has 2 amide bonds. The zero-order valence-corrected chi connectivity index (χ0v) is 28.7. The number of methoxy groups -OCH3 is 1. The number of aromatic nitrogens is 4. The molecule has 0 saturated carbocycles. The SMILES string of the molecule is C=C/C(NC(=O)N1CCN(C)CC1)=C(C=C)\C(C/C=C\C)=C(/C)c1nc(CC)nc2[nH]ccc(-c3c(C)noc3C)c(OC)ccc12. The van der Waals surface area contributed by atoms with Crippen molar-refractivity contribution >= 4 is 22.6 Å². The smallest absolute Gasteiger partial charge is 0.321 e. The average Bonchev–Trinajstić information content (AvgIpc) is 3.45. The molecule has 3 aromatic heterocycles. The van der Waals surface area contributed by atoms with Gasteiger partial charge < -0.3 is 29.4 Å². The maximum absolute atomic E-state index is 13.3. The van der Waals surface area contributed by atoms with E-state index in [1.165, 1.54) is 0 Å². The molecule has 0 aromatic carbocycles. The topological polar surface area (TPSA) is 112 Å². The van der Waals surface area contributed by atoms with Gasteiger partial charge in [0.05, 0.1) is 24.1 Å². The van der Waals surface area contributed by atoms with Crippen molar-refractivity contribution in [2.75, 3.05) is 40.3 Å². The fourth-order valence-electron chi connectivity index (χ4n) is 5.69. The quantitative estimate of drug-likeness (QED) is 0.178. The third-order valence-corrected chi connectivity index (χ3v) is 8.39. The van der Waals surface area contributed by atoms with E-state index in [-0.39, 0.29) is 6.03 Å². The van der Waals surface area contributed by atoms with E-state index >= 15 is 0 Å². The van der Waals surface area contributed by atoms with Crippen LogP contribution in [-0.4, -0.2) is 76.3 Å². The number of carbonyl (C=O) groups excluding carboxylic acids is 1. The van der Waals surface area contributed by atoms with E-state index in [1.54, 1.807) is 19.3 Å². The Morgan fingerprint density at radius 2 is 1.87 bits per heavy atom. The van der Waals surface area contributed by atoms with Crippen molar-refractivity contribution in [2.45, 2.75) is 47.5 Å². The van der Waals surface area contributed by atoms with Crippen LogP contribution in [0.3, 0.4) is 0 Å². The highest BCUT2D eigenvalue weighted by molar-refractivity contribution is 5.90. The zero-order valence-electron chi connectivity index (χ0n) is 28.7. The van der Waals surface area contributed by atoms with Gasteiger partial charge in [-0.25, -0.2) is 14.8 Å². The molecule has 248 valence electrons. The van der Waals surface area contributed by atoms with Gasteiger partial charge in [0.15, 0.2) is 0 Å². The minimum absolute atomic E-state index is 0.154. The summed E-state index contributed by atoms with van der Waals surface area (Å²) in [5.74, 6) is 2.03. The molecule has 1 aliphatic rings. The van der Waals surface area contributed by atoms with Crippen LogP contribution in [0.25, 0.3) is 27.7 Å². The number of rotatable bonds is 10. The number of H-pyrrole nitrogens is 1. The maximum Gasteiger partial charge on any atom is 0.321 e. The molecule has 10 nitrogen and oxygen atoms in total. The molecule has 0 bridgehead atoms. The normalized spacial score (nSPS) is 14.8. The lowest BCUT2D eigenvalue weighted by molar-refractivity contribution is 0.156. The van der Waals surface area contributed by atoms with Gasteiger partial charge in [-0.1, -0.05) is 43.5 Å². The molecule has 4 heterocycles. The molecule has 0 radical (unpaired) electrons. The molecule has 1 aliphatic heterocycles. The third kappa shape index (κ3) is 7.89. The molecule has 47 heavy (non-hydrogen) atoms. The highest BCUT2D eigenvalue weighted by atomic mass is 16.5. The third-order valence-electron chi connectivity index (χ3n) is 8.39. The molecule has 1 fully saturated rings. The second kappa shape index (κ2) is 16.0. The monoisotopic (exact) mass is 637 g/mol. The van der Waals surface area contributed by atoms with Crippen molar-refractivity contribution in [1.82, 2.24) is 35.2 Å². The van der Waals surface area contributed by atoms with Crippen molar-refractivity contribution in [2.24, 2.45) is 0 Å². The molecule has 0 spiro atoms. The van der Waals surface area contributed by atoms with E-state index in [1.807, 2.05) is 70.0 Å². The summed E-state index contributed by atoms with van der Waals surface area (Å²) in [6.45, 7) is 21.0. The van der Waals surface area contributed by atoms with Gasteiger partial charge in [-0.3, -0.25) is 0 Å². The van der Waals surface area contributed by atoms with Gasteiger partial charge in [0.2, 0.25) is 0 Å². The standard InChI is InChI=1S/C37H47N7O3/c1-10-14-15-28(27(11-2)31(12-3)39-37(45)44-22-20-43(8)21-23-44)24(5)35-30-16-17-32(46-9)29(34-25(6)42-47-26(34)7)18-19-38-36(30)41-33(13-4)40-35/h10-12,14,16-19H,2-3,13,15,20-23H2,1,4-9H3,(H,39,45)(H,38,40,41)/b14-10-,17-16?,19-18?,28-24+,31-27+,32-29?. The van der Waals surface area contributed by atoms with Crippen LogP contribution in [0.15, 0.2) is 83.2 Å². The Labute approximate surface area is 277 Å². The molecule has 3 aromatic rings. The largest absolute Gasteiger partial charge is 0.496 e. The number of piperazine rings is 1. The van der Waals surface area contributed by atoms with Crippen molar-refractivity contribution in [1.29, 1.82) is 0 Å². The molecule has 2 N–H and O–H groups in total. The van der Waals surface area contributed by atoms with E-state index in [0.717, 1.165) is 57.7 Å². The Balaban J connectivity index is 1.97. The van der Waals surface area contributed by atoms with Crippen LogP contribution in [0.5, 0.6) is 5.75 Å². The molecule has 1 saturated heterocycles. The molecule has 0 aliphatic carbocycles. The summed E-state index contributed by atoms with van der Waals surface area (Å²) in [5.41, 5.74) is 7.14. The van der Waals surface area contributed by atoms with Crippen molar-refractivity contribution < 1.29 is 14.1 Å². The number of nitrogens with one attached hydrogen (secondary N) is 2. The van der Waals surface area contributed by atoms with E-state index in [0.29, 0.717) is 54.6 Å². The summed E-state index contributed by atoms with van der Waals surface area (Å²) in [7, 11) is 3.71. The number of nitrogens with zero attached hydrogens (tertiary/aromatic N) is 5. The summed E-state index contributed by atoms with van der Waals surface area (Å²) < 4.78 is 11.4. The van der Waals surface area contributed by atoms with Gasteiger partial charge in [-0.15, -0.1) is 0 Å². The van der Waals surface area contributed by atoms with Crippen molar-refractivity contribution in [3.05, 3.63) is 102 Å². The van der Waals surface area contributed by atoms with Crippen LogP contribution in [0, 0.1) is 13.8 Å². The van der Waals surface area contributed by atoms with Gasteiger partial charge in [0.25, 0.3) is 0 Å². The molecular formula is C37H47N7O3. The van der Waals surface area contributed by atoms with Gasteiger partial charge in [0.1, 0.15) is 23.0 Å². The number of hydrogen-bond acceptors (Lipinski definition) is 7. The lowest BCUT2D eigenvalue weighted by Gasteiger charge is -2.32. The average molecular weight is 638 g/mol. The first-order valence-corrected chi connectivity index (χ1v) is 16.0. The lowest BCUT2D eigenvalue weighted by Crippen LogP contribution is -2.50. The van der Waals surface area contributed by atoms with Crippen LogP contribution in [-0.2, 0) is 6.42 Å². The summed E-state index contributed by atoms with van der Waals surface area (Å²) in [5, 5.41) is 8.05. The number of fused-ring (bicyclic) bond motifs is 1. The Hall–Kier alpha value is -4.96. The molecule has 0 unspecified atom stereocenters. The van der Waals surface area contributed by atoms with Crippen LogP contribution in [0.2, 0.25) is 0 Å². The van der Waals surface area contributed by atoms with Crippen LogP contribution in [0.4, 0.5) is 4.79 Å². The molecular weight excluding hydrogens is 590 g/mol. The van der Waals surface area contributed by atoms with Crippen LogP contribution in [0.1, 0.15) is 50.2 Å². The Morgan fingerprint density at radius 3 is 2.47 bits per heavy atom. The number of aromatic amines is 1. The zero-order chi connectivity index (χ0) is 34.1. The lowest BCUT2D eigenvalue weighted by atomic mass is 9.92. The number of aryl methyl sites for hydroxylation is 3. The predicted molar refractivity (Wildman–Crippen MR) is 189 cm³/mol. The predicted octanol–water partition coefficient (Wildman–Crippen LogP) is 7.25. The molecule has 10 heteroatoms. The van der Waals surface area contributed by atoms with Crippen LogP contribution >= 0.6 is 0 Å². The second-order valence-corrected chi connectivity index (χ2v) is 11.4. The van der Waals surface area contributed by atoms with Crippen molar-refractivity contribution in [3.63, 3.8) is 0 Å². The summed E-state index contributed by atoms with van der Waals surface area (Å²) >= 11 is 0. The Morgan fingerprint density at radius 1 is 1.13 bits per heavy atom.